The summed E-state index contributed by atoms with van der Waals surface area (Å²) >= 11 is 0. The van der Waals surface area contributed by atoms with Crippen LogP contribution in [0.3, 0.4) is 0 Å². The van der Waals surface area contributed by atoms with Crippen LogP contribution < -0.4 is 10.9 Å². The second-order valence-corrected chi connectivity index (χ2v) is 9.13. The van der Waals surface area contributed by atoms with Crippen molar-refractivity contribution in [1.82, 2.24) is 29.3 Å². The lowest BCUT2D eigenvalue weighted by atomic mass is 9.88. The molecule has 0 radical (unpaired) electrons. The van der Waals surface area contributed by atoms with Crippen LogP contribution in [0.1, 0.15) is 24.4 Å². The maximum atomic E-state index is 13.3. The first-order chi connectivity index (χ1) is 16.5. The molecule has 34 heavy (non-hydrogen) atoms. The molecule has 0 saturated carbocycles. The van der Waals surface area contributed by atoms with Crippen LogP contribution in [0.4, 0.5) is 0 Å². The van der Waals surface area contributed by atoms with Crippen molar-refractivity contribution >= 4 is 5.91 Å². The number of fused-ring (bicyclic) bond motifs is 3. The third kappa shape index (κ3) is 3.74. The fourth-order valence-corrected chi connectivity index (χ4v) is 5.74. The summed E-state index contributed by atoms with van der Waals surface area (Å²) in [6.45, 7) is 3.55. The normalized spacial score (nSPS) is 23.6. The lowest BCUT2D eigenvalue weighted by molar-refractivity contribution is -0.127. The summed E-state index contributed by atoms with van der Waals surface area (Å²) in [6, 6.07) is 7.04. The van der Waals surface area contributed by atoms with E-state index in [-0.39, 0.29) is 36.0 Å². The van der Waals surface area contributed by atoms with Crippen LogP contribution >= 0.6 is 0 Å². The predicted octanol–water partition coefficient (Wildman–Crippen LogP) is 0.986. The number of carbonyl (C=O) groups is 1. The molecule has 4 atom stereocenters. The standard InChI is InChI=1S/C25H30N6O3/c1-3-30-22-19(13-31-21(22)7-6-18(25(31)34)16-5-4-9-26-11-16)20(14-32)23(30)24(33)27-10-8-17-12-29(2)15-28-17/h4-7,9,11-12,15,19-20,22-23,32H,3,8,10,13-14H2,1-2H3,(H,27,33)/t19-,20-,22+,23-/m1/s1. The number of aliphatic hydroxyl groups is 1. The van der Waals surface area contributed by atoms with Gasteiger partial charge in [0.15, 0.2) is 0 Å². The maximum absolute atomic E-state index is 13.3. The van der Waals surface area contributed by atoms with Crippen LogP contribution in [0, 0.1) is 11.8 Å². The number of aliphatic hydroxyl groups excluding tert-OH is 1. The molecule has 1 saturated heterocycles. The number of carbonyl (C=O) groups excluding carboxylic acids is 1. The zero-order valence-corrected chi connectivity index (χ0v) is 19.5. The third-order valence-corrected chi connectivity index (χ3v) is 7.24. The van der Waals surface area contributed by atoms with Gasteiger partial charge in [0.2, 0.25) is 5.91 Å². The van der Waals surface area contributed by atoms with Crippen LogP contribution in [0.15, 0.2) is 54.0 Å². The van der Waals surface area contributed by atoms with E-state index in [0.717, 1.165) is 17.0 Å². The molecular formula is C25H30N6O3. The van der Waals surface area contributed by atoms with E-state index in [2.05, 4.69) is 20.2 Å². The van der Waals surface area contributed by atoms with Crippen molar-refractivity contribution in [2.45, 2.75) is 32.0 Å². The molecule has 1 fully saturated rings. The van der Waals surface area contributed by atoms with Crippen LogP contribution in [-0.4, -0.2) is 60.8 Å². The molecule has 178 valence electrons. The van der Waals surface area contributed by atoms with E-state index in [1.165, 1.54) is 0 Å². The zero-order chi connectivity index (χ0) is 23.8. The first-order valence-electron chi connectivity index (χ1n) is 11.8. The smallest absolute Gasteiger partial charge is 0.258 e. The largest absolute Gasteiger partial charge is 0.396 e. The molecule has 9 nitrogen and oxygen atoms in total. The van der Waals surface area contributed by atoms with E-state index in [0.29, 0.717) is 31.6 Å². The number of aromatic nitrogens is 4. The molecule has 2 aliphatic heterocycles. The average Bonchev–Trinajstić information content (AvgIpc) is 3.52. The van der Waals surface area contributed by atoms with Crippen LogP contribution in [0.2, 0.25) is 0 Å². The Balaban J connectivity index is 1.39. The molecule has 1 amide bonds. The lowest BCUT2D eigenvalue weighted by Gasteiger charge is -2.29. The zero-order valence-electron chi connectivity index (χ0n) is 19.5. The Morgan fingerprint density at radius 2 is 2.15 bits per heavy atom. The van der Waals surface area contributed by atoms with Crippen LogP contribution in [-0.2, 0) is 24.8 Å². The fourth-order valence-electron chi connectivity index (χ4n) is 5.74. The monoisotopic (exact) mass is 462 g/mol. The van der Waals surface area contributed by atoms with Gasteiger partial charge in [0, 0.05) is 80.4 Å². The maximum Gasteiger partial charge on any atom is 0.258 e. The number of aryl methyl sites for hydroxylation is 1. The second kappa shape index (κ2) is 9.15. The van der Waals surface area contributed by atoms with Gasteiger partial charge >= 0.3 is 0 Å². The fraction of sp³-hybridized carbons (Fsp3) is 0.440. The van der Waals surface area contributed by atoms with E-state index in [4.69, 9.17) is 0 Å². The van der Waals surface area contributed by atoms with Gasteiger partial charge in [-0.15, -0.1) is 0 Å². The van der Waals surface area contributed by atoms with Gasteiger partial charge in [0.1, 0.15) is 0 Å². The van der Waals surface area contributed by atoms with Gasteiger partial charge < -0.3 is 19.6 Å². The summed E-state index contributed by atoms with van der Waals surface area (Å²) < 4.78 is 3.70. The van der Waals surface area contributed by atoms with Crippen LogP contribution in [0.25, 0.3) is 11.1 Å². The first-order valence-corrected chi connectivity index (χ1v) is 11.8. The number of nitrogens with one attached hydrogen (secondary N) is 1. The Morgan fingerprint density at radius 1 is 1.29 bits per heavy atom. The number of hydrogen-bond acceptors (Lipinski definition) is 6. The van der Waals surface area contributed by atoms with Crippen molar-refractivity contribution in [3.63, 3.8) is 0 Å². The highest BCUT2D eigenvalue weighted by atomic mass is 16.3. The molecule has 5 rings (SSSR count). The number of nitrogens with zero attached hydrogens (tertiary/aromatic N) is 5. The number of imidazole rings is 1. The Hall–Kier alpha value is -3.30. The lowest BCUT2D eigenvalue weighted by Crippen LogP contribution is -2.48. The molecule has 3 aromatic rings. The Bertz CT molecular complexity index is 1240. The average molecular weight is 463 g/mol. The molecule has 0 aliphatic carbocycles. The minimum absolute atomic E-state index is 0.00617. The molecule has 3 aromatic heterocycles. The summed E-state index contributed by atoms with van der Waals surface area (Å²) in [5.74, 6) is -0.332. The highest BCUT2D eigenvalue weighted by molar-refractivity contribution is 5.82. The summed E-state index contributed by atoms with van der Waals surface area (Å²) in [5, 5.41) is 13.4. The first kappa shape index (κ1) is 22.5. The van der Waals surface area contributed by atoms with Gasteiger partial charge in [0.25, 0.3) is 5.56 Å². The number of pyridine rings is 2. The summed E-state index contributed by atoms with van der Waals surface area (Å²) in [7, 11) is 1.92. The van der Waals surface area contributed by atoms with Gasteiger partial charge in [-0.25, -0.2) is 4.98 Å². The number of amides is 1. The Kier molecular flexibility index (Phi) is 6.05. The van der Waals surface area contributed by atoms with E-state index in [1.54, 1.807) is 18.7 Å². The van der Waals surface area contributed by atoms with Gasteiger partial charge in [-0.2, -0.15) is 0 Å². The van der Waals surface area contributed by atoms with Gasteiger partial charge in [-0.1, -0.05) is 13.0 Å². The number of likely N-dealkylation sites (N-methyl/N-ethyl adjacent to an activating group) is 1. The molecule has 0 aromatic carbocycles. The number of rotatable bonds is 7. The van der Waals surface area contributed by atoms with E-state index >= 15 is 0 Å². The second-order valence-electron chi connectivity index (χ2n) is 9.13. The molecule has 2 aliphatic rings. The minimum atomic E-state index is -0.435. The van der Waals surface area contributed by atoms with Crippen molar-refractivity contribution in [2.24, 2.45) is 18.9 Å². The molecule has 2 N–H and O–H groups in total. The summed E-state index contributed by atoms with van der Waals surface area (Å²) in [5.41, 5.74) is 3.19. The van der Waals surface area contributed by atoms with Crippen LogP contribution in [0.5, 0.6) is 0 Å². The van der Waals surface area contributed by atoms with Crippen molar-refractivity contribution in [2.75, 3.05) is 19.7 Å². The van der Waals surface area contributed by atoms with Crippen molar-refractivity contribution < 1.29 is 9.90 Å². The molecule has 5 heterocycles. The quantitative estimate of drug-likeness (QED) is 0.543. The summed E-state index contributed by atoms with van der Waals surface area (Å²) in [6.07, 6.45) is 7.72. The molecular weight excluding hydrogens is 432 g/mol. The highest BCUT2D eigenvalue weighted by Gasteiger charge is 2.54. The third-order valence-electron chi connectivity index (χ3n) is 7.24. The summed E-state index contributed by atoms with van der Waals surface area (Å²) in [4.78, 5) is 37.2. The number of hydrogen-bond donors (Lipinski definition) is 2. The van der Waals surface area contributed by atoms with E-state index in [1.807, 2.05) is 53.6 Å². The molecule has 0 spiro atoms. The van der Waals surface area contributed by atoms with Crippen molar-refractivity contribution in [3.05, 3.63) is 70.9 Å². The van der Waals surface area contributed by atoms with Gasteiger partial charge in [0.05, 0.1) is 24.1 Å². The Morgan fingerprint density at radius 3 is 2.82 bits per heavy atom. The molecule has 0 unspecified atom stereocenters. The molecule has 0 bridgehead atoms. The topological polar surface area (TPSA) is 105 Å². The van der Waals surface area contributed by atoms with Crippen molar-refractivity contribution in [3.8, 4) is 11.1 Å². The molecule has 9 heteroatoms. The van der Waals surface area contributed by atoms with Crippen molar-refractivity contribution in [1.29, 1.82) is 0 Å². The predicted molar refractivity (Wildman–Crippen MR) is 127 cm³/mol. The number of likely N-dealkylation sites (tertiary alicyclic amines) is 1. The minimum Gasteiger partial charge on any atom is -0.396 e. The van der Waals surface area contributed by atoms with E-state index in [9.17, 15) is 14.7 Å². The van der Waals surface area contributed by atoms with Gasteiger partial charge in [-0.3, -0.25) is 19.5 Å². The SMILES string of the molecule is CCN1[C@@H]2c3ccc(-c4cccnc4)c(=O)n3C[C@@H]2[C@@H](CO)[C@@H]1C(=O)NCCc1cn(C)cn1. The highest BCUT2D eigenvalue weighted by Crippen LogP contribution is 2.49. The van der Waals surface area contributed by atoms with Gasteiger partial charge in [-0.05, 0) is 24.7 Å². The van der Waals surface area contributed by atoms with E-state index < -0.39 is 6.04 Å². The Labute approximate surface area is 198 Å².